The first-order valence-electron chi connectivity index (χ1n) is 5.05. The molecule has 0 spiro atoms. The molecule has 0 amide bonds. The number of ketones is 1. The summed E-state index contributed by atoms with van der Waals surface area (Å²) in [5.74, 6) is 0.500. The fourth-order valence-corrected chi connectivity index (χ4v) is 1.79. The quantitative estimate of drug-likeness (QED) is 0.757. The first-order valence-corrected chi connectivity index (χ1v) is 5.05. The van der Waals surface area contributed by atoms with E-state index in [9.17, 15) is 4.79 Å². The molecule has 0 aromatic heterocycles. The van der Waals surface area contributed by atoms with Crippen LogP contribution in [0.4, 0.5) is 0 Å². The number of hydrogen-bond acceptors (Lipinski definition) is 3. The van der Waals surface area contributed by atoms with Crippen LogP contribution >= 0.6 is 0 Å². The SMILES string of the molecule is CC(C)(N)C1COc2ccccc2C1=O. The molecule has 3 heteroatoms. The van der Waals surface area contributed by atoms with Gasteiger partial charge in [0.2, 0.25) is 0 Å². The highest BCUT2D eigenvalue weighted by Gasteiger charge is 2.37. The zero-order chi connectivity index (χ0) is 11.1. The molecule has 80 valence electrons. The van der Waals surface area contributed by atoms with Crippen LogP contribution in [0.1, 0.15) is 24.2 Å². The minimum absolute atomic E-state index is 0.0874. The Morgan fingerprint density at radius 1 is 1.40 bits per heavy atom. The number of Topliss-reactive ketones (excluding diaryl/α,β-unsaturated/α-hetero) is 1. The van der Waals surface area contributed by atoms with Crippen LogP contribution in [0.3, 0.4) is 0 Å². The molecule has 1 aliphatic heterocycles. The molecule has 0 aliphatic carbocycles. The maximum absolute atomic E-state index is 12.1. The van der Waals surface area contributed by atoms with Crippen LogP contribution in [-0.4, -0.2) is 17.9 Å². The van der Waals surface area contributed by atoms with Crippen LogP contribution in [0.2, 0.25) is 0 Å². The Kier molecular flexibility index (Phi) is 2.27. The molecule has 0 saturated carbocycles. The van der Waals surface area contributed by atoms with Gasteiger partial charge in [0.05, 0.1) is 11.5 Å². The number of ether oxygens (including phenoxy) is 1. The molecular formula is C12H15NO2. The molecule has 0 fully saturated rings. The highest BCUT2D eigenvalue weighted by molar-refractivity contribution is 6.02. The summed E-state index contributed by atoms with van der Waals surface area (Å²) in [4.78, 5) is 12.1. The average molecular weight is 205 g/mol. The van der Waals surface area contributed by atoms with Gasteiger partial charge in [-0.2, -0.15) is 0 Å². The van der Waals surface area contributed by atoms with E-state index >= 15 is 0 Å². The number of hydrogen-bond donors (Lipinski definition) is 1. The smallest absolute Gasteiger partial charge is 0.174 e. The van der Waals surface area contributed by atoms with Crippen molar-refractivity contribution in [1.29, 1.82) is 0 Å². The minimum Gasteiger partial charge on any atom is -0.492 e. The molecule has 2 rings (SSSR count). The summed E-state index contributed by atoms with van der Waals surface area (Å²) in [5.41, 5.74) is 6.07. The van der Waals surface area contributed by atoms with Crippen molar-refractivity contribution in [2.75, 3.05) is 6.61 Å². The third-order valence-corrected chi connectivity index (χ3v) is 2.77. The second-order valence-corrected chi connectivity index (χ2v) is 4.55. The molecule has 0 saturated heterocycles. The summed E-state index contributed by atoms with van der Waals surface area (Å²) in [6.07, 6.45) is 0. The molecule has 0 bridgehead atoms. The molecule has 1 aromatic rings. The standard InChI is InChI=1S/C12H15NO2/c1-12(2,13)9-7-15-10-6-4-3-5-8(10)11(9)14/h3-6,9H,7,13H2,1-2H3. The molecule has 1 heterocycles. The molecule has 1 atom stereocenters. The molecule has 1 aliphatic rings. The Morgan fingerprint density at radius 3 is 2.73 bits per heavy atom. The number of rotatable bonds is 1. The van der Waals surface area contributed by atoms with Crippen LogP contribution in [0.15, 0.2) is 24.3 Å². The Morgan fingerprint density at radius 2 is 2.07 bits per heavy atom. The maximum atomic E-state index is 12.1. The first kappa shape index (κ1) is 10.2. The summed E-state index contributed by atoms with van der Waals surface area (Å²) in [6, 6.07) is 7.30. The van der Waals surface area contributed by atoms with Gasteiger partial charge in [0.25, 0.3) is 0 Å². The number of fused-ring (bicyclic) bond motifs is 1. The molecule has 15 heavy (non-hydrogen) atoms. The van der Waals surface area contributed by atoms with Crippen molar-refractivity contribution in [3.05, 3.63) is 29.8 Å². The predicted octanol–water partition coefficient (Wildman–Crippen LogP) is 1.62. The van der Waals surface area contributed by atoms with Crippen molar-refractivity contribution >= 4 is 5.78 Å². The van der Waals surface area contributed by atoms with Crippen LogP contribution < -0.4 is 10.5 Å². The summed E-state index contributed by atoms with van der Waals surface area (Å²) < 4.78 is 5.53. The van der Waals surface area contributed by atoms with Crippen LogP contribution in [0.25, 0.3) is 0 Å². The molecule has 1 unspecified atom stereocenters. The van der Waals surface area contributed by atoms with Gasteiger partial charge in [-0.1, -0.05) is 12.1 Å². The monoisotopic (exact) mass is 205 g/mol. The largest absolute Gasteiger partial charge is 0.492 e. The van der Waals surface area contributed by atoms with E-state index < -0.39 is 5.54 Å². The van der Waals surface area contributed by atoms with Gasteiger partial charge in [0.15, 0.2) is 5.78 Å². The van der Waals surface area contributed by atoms with Gasteiger partial charge < -0.3 is 10.5 Å². The second-order valence-electron chi connectivity index (χ2n) is 4.55. The topological polar surface area (TPSA) is 52.3 Å². The molecule has 1 aromatic carbocycles. The Labute approximate surface area is 89.2 Å². The van der Waals surface area contributed by atoms with E-state index in [4.69, 9.17) is 10.5 Å². The van der Waals surface area contributed by atoms with E-state index in [0.717, 1.165) is 0 Å². The van der Waals surface area contributed by atoms with E-state index in [2.05, 4.69) is 0 Å². The Bertz CT molecular complexity index is 393. The summed E-state index contributed by atoms with van der Waals surface area (Å²) in [6.45, 7) is 4.08. The Hall–Kier alpha value is -1.35. The average Bonchev–Trinajstić information content (AvgIpc) is 2.16. The number of carbonyl (C=O) groups is 1. The molecule has 3 nitrogen and oxygen atoms in total. The van der Waals surface area contributed by atoms with E-state index in [0.29, 0.717) is 17.9 Å². The lowest BCUT2D eigenvalue weighted by molar-refractivity contribution is 0.0745. The van der Waals surface area contributed by atoms with Gasteiger partial charge in [-0.25, -0.2) is 0 Å². The highest BCUT2D eigenvalue weighted by atomic mass is 16.5. The summed E-state index contributed by atoms with van der Waals surface area (Å²) in [5, 5.41) is 0. The lowest BCUT2D eigenvalue weighted by Gasteiger charge is -2.33. The number of nitrogens with two attached hydrogens (primary N) is 1. The van der Waals surface area contributed by atoms with Crippen molar-refractivity contribution < 1.29 is 9.53 Å². The highest BCUT2D eigenvalue weighted by Crippen LogP contribution is 2.30. The summed E-state index contributed by atoms with van der Waals surface area (Å²) >= 11 is 0. The van der Waals surface area contributed by atoms with Crippen molar-refractivity contribution in [3.63, 3.8) is 0 Å². The van der Waals surface area contributed by atoms with Gasteiger partial charge in [0.1, 0.15) is 12.4 Å². The van der Waals surface area contributed by atoms with Gasteiger partial charge in [-0.15, -0.1) is 0 Å². The van der Waals surface area contributed by atoms with E-state index in [1.807, 2.05) is 32.0 Å². The third kappa shape index (κ3) is 1.75. The zero-order valence-electron chi connectivity index (χ0n) is 8.99. The summed E-state index contributed by atoms with van der Waals surface area (Å²) in [7, 11) is 0. The van der Waals surface area contributed by atoms with E-state index in [1.165, 1.54) is 0 Å². The van der Waals surface area contributed by atoms with Crippen molar-refractivity contribution in [2.45, 2.75) is 19.4 Å². The van der Waals surface area contributed by atoms with E-state index in [1.54, 1.807) is 6.07 Å². The number of benzene rings is 1. The molecule has 2 N–H and O–H groups in total. The lowest BCUT2D eigenvalue weighted by atomic mass is 9.81. The maximum Gasteiger partial charge on any atom is 0.174 e. The number of para-hydroxylation sites is 1. The van der Waals surface area contributed by atoms with Crippen LogP contribution in [-0.2, 0) is 0 Å². The fraction of sp³-hybridized carbons (Fsp3) is 0.417. The first-order chi connectivity index (χ1) is 7.00. The van der Waals surface area contributed by atoms with Gasteiger partial charge in [-0.05, 0) is 26.0 Å². The predicted molar refractivity (Wildman–Crippen MR) is 58.0 cm³/mol. The normalized spacial score (nSPS) is 20.7. The molecule has 0 radical (unpaired) electrons. The van der Waals surface area contributed by atoms with Gasteiger partial charge >= 0.3 is 0 Å². The van der Waals surface area contributed by atoms with Crippen molar-refractivity contribution in [1.82, 2.24) is 0 Å². The minimum atomic E-state index is -0.537. The third-order valence-electron chi connectivity index (χ3n) is 2.77. The molecular weight excluding hydrogens is 190 g/mol. The fourth-order valence-electron chi connectivity index (χ4n) is 1.79. The van der Waals surface area contributed by atoms with Crippen molar-refractivity contribution in [2.24, 2.45) is 11.7 Å². The van der Waals surface area contributed by atoms with Crippen molar-refractivity contribution in [3.8, 4) is 5.75 Å². The lowest BCUT2D eigenvalue weighted by Crippen LogP contribution is -2.49. The van der Waals surface area contributed by atoms with Gasteiger partial charge in [-0.3, -0.25) is 4.79 Å². The van der Waals surface area contributed by atoms with E-state index in [-0.39, 0.29) is 11.7 Å². The zero-order valence-corrected chi connectivity index (χ0v) is 8.99. The van der Waals surface area contributed by atoms with Crippen LogP contribution in [0, 0.1) is 5.92 Å². The number of carbonyl (C=O) groups excluding carboxylic acids is 1. The second kappa shape index (κ2) is 3.35. The Balaban J connectivity index is 2.38. The van der Waals surface area contributed by atoms with Gasteiger partial charge in [0, 0.05) is 5.54 Å². The van der Waals surface area contributed by atoms with Crippen LogP contribution in [0.5, 0.6) is 5.75 Å².